The molecule has 15 nitrogen and oxygen atoms in total. The van der Waals surface area contributed by atoms with Crippen LogP contribution < -0.4 is 5.32 Å². The lowest BCUT2D eigenvalue weighted by atomic mass is 10.0. The minimum absolute atomic E-state index is 0.189. The fourth-order valence-electron chi connectivity index (χ4n) is 6.33. The van der Waals surface area contributed by atoms with Crippen LogP contribution in [0.1, 0.15) is 127 Å². The number of hydrogen-bond donors (Lipinski definition) is 1. The Morgan fingerprint density at radius 1 is 0.318 bits per heavy atom. The molecule has 1 rings (SSSR count). The molecule has 0 fully saturated rings. The summed E-state index contributed by atoms with van der Waals surface area (Å²) in [6.45, 7) is 17.9. The van der Waals surface area contributed by atoms with E-state index in [0.717, 1.165) is 38.1 Å². The average Bonchev–Trinajstić information content (AvgIpc) is 3.33. The highest BCUT2D eigenvalue weighted by Crippen LogP contribution is 2.13. The molecule has 0 aliphatic rings. The summed E-state index contributed by atoms with van der Waals surface area (Å²) in [4.78, 5) is 12.2. The molecular weight excluding hydrogens is 851 g/mol. The van der Waals surface area contributed by atoms with E-state index in [1.807, 2.05) is 12.1 Å². The van der Waals surface area contributed by atoms with E-state index in [1.54, 1.807) is 12.1 Å². The van der Waals surface area contributed by atoms with Gasteiger partial charge in [-0.25, -0.2) is 4.79 Å². The molecule has 0 aromatic heterocycles. The number of esters is 1. The van der Waals surface area contributed by atoms with Crippen molar-refractivity contribution in [2.24, 2.45) is 0 Å². The minimum atomic E-state index is -0.361. The first kappa shape index (κ1) is 62.0. The lowest BCUT2D eigenvalue weighted by molar-refractivity contribution is -0.0288. The van der Waals surface area contributed by atoms with Gasteiger partial charge < -0.3 is 66.9 Å². The molecule has 1 aromatic rings. The molecule has 0 atom stereocenters. The van der Waals surface area contributed by atoms with Crippen LogP contribution in [0.5, 0.6) is 0 Å². The Morgan fingerprint density at radius 3 is 0.879 bits per heavy atom. The predicted octanol–water partition coefficient (Wildman–Crippen LogP) is 8.74. The van der Waals surface area contributed by atoms with Crippen molar-refractivity contribution in [3.63, 3.8) is 0 Å². The van der Waals surface area contributed by atoms with E-state index in [4.69, 9.17) is 61.6 Å². The fraction of sp³-hybridized carbons (Fsp3) is 0.863. The van der Waals surface area contributed by atoms with E-state index in [9.17, 15) is 4.79 Å². The first-order valence-electron chi connectivity index (χ1n) is 25.7. The van der Waals surface area contributed by atoms with Crippen LogP contribution in [-0.2, 0) is 61.6 Å². The fourth-order valence-corrected chi connectivity index (χ4v) is 6.33. The highest BCUT2D eigenvalue weighted by atomic mass is 16.6. The summed E-state index contributed by atoms with van der Waals surface area (Å²) in [5, 5.41) is 3.32. The molecule has 0 saturated heterocycles. The van der Waals surface area contributed by atoms with Crippen molar-refractivity contribution in [3.8, 4) is 0 Å². The Hall–Kier alpha value is -1.99. The zero-order valence-electron chi connectivity index (χ0n) is 41.7. The Labute approximate surface area is 400 Å². The van der Waals surface area contributed by atoms with E-state index in [-0.39, 0.29) is 12.6 Å². The van der Waals surface area contributed by atoms with Crippen molar-refractivity contribution >= 4 is 11.7 Å². The molecule has 388 valence electrons. The van der Waals surface area contributed by atoms with Gasteiger partial charge >= 0.3 is 5.97 Å². The summed E-state index contributed by atoms with van der Waals surface area (Å²) in [6.07, 6.45) is 21.4. The van der Waals surface area contributed by atoms with Crippen LogP contribution in [0.2, 0.25) is 0 Å². The second-order valence-electron chi connectivity index (χ2n) is 15.9. The number of benzene rings is 1. The van der Waals surface area contributed by atoms with E-state index in [0.29, 0.717) is 158 Å². The largest absolute Gasteiger partial charge is 0.460 e. The van der Waals surface area contributed by atoms with Crippen molar-refractivity contribution in [1.82, 2.24) is 0 Å². The highest BCUT2D eigenvalue weighted by Gasteiger charge is 2.07. The number of unbranched alkanes of at least 4 members (excludes halogenated alkanes) is 14. The van der Waals surface area contributed by atoms with Gasteiger partial charge in [0.2, 0.25) is 0 Å². The van der Waals surface area contributed by atoms with E-state index >= 15 is 0 Å². The quantitative estimate of drug-likeness (QED) is 0.0490. The Kier molecular flexibility index (Phi) is 50.7. The third kappa shape index (κ3) is 47.1. The van der Waals surface area contributed by atoms with Crippen LogP contribution in [0, 0.1) is 0 Å². The smallest absolute Gasteiger partial charge is 0.338 e. The Morgan fingerprint density at radius 2 is 0.576 bits per heavy atom. The number of anilines is 1. The number of ether oxygens (including phenoxy) is 13. The Balaban J connectivity index is 1.64. The lowest BCUT2D eigenvalue weighted by Crippen LogP contribution is -2.16. The molecule has 0 aliphatic carbocycles. The zero-order valence-corrected chi connectivity index (χ0v) is 41.7. The maximum Gasteiger partial charge on any atom is 0.338 e. The van der Waals surface area contributed by atoms with Gasteiger partial charge in [0, 0.05) is 18.8 Å². The van der Waals surface area contributed by atoms with Crippen molar-refractivity contribution in [2.45, 2.75) is 117 Å². The van der Waals surface area contributed by atoms with Gasteiger partial charge in [0.15, 0.2) is 0 Å². The van der Waals surface area contributed by atoms with Crippen LogP contribution in [-0.4, -0.2) is 178 Å². The second kappa shape index (κ2) is 54.0. The third-order valence-electron chi connectivity index (χ3n) is 10.2. The normalized spacial score (nSPS) is 11.5. The van der Waals surface area contributed by atoms with Crippen LogP contribution >= 0.6 is 0 Å². The summed E-state index contributed by atoms with van der Waals surface area (Å²) in [6, 6.07) is 7.30. The monoisotopic (exact) mass is 946 g/mol. The number of rotatable bonds is 56. The first-order chi connectivity index (χ1) is 32.8. The summed E-state index contributed by atoms with van der Waals surface area (Å²) in [5.74, 6) is -0.361. The van der Waals surface area contributed by atoms with Crippen LogP contribution in [0.15, 0.2) is 24.3 Å². The summed E-state index contributed by atoms with van der Waals surface area (Å²) >= 11 is 0. The number of nitrogens with one attached hydrogen (secondary N) is 1. The SMILES string of the molecule is CCCCCCCCCCCCCCCCOCCOCCOCCOCCOCCOCCOCCOCCOCCOCCOCCOCCOC(=O)c1ccc(NCCCC)cc1. The first-order valence-corrected chi connectivity index (χ1v) is 25.7. The van der Waals surface area contributed by atoms with Gasteiger partial charge in [0.05, 0.1) is 158 Å². The van der Waals surface area contributed by atoms with Gasteiger partial charge in [0.25, 0.3) is 0 Å². The van der Waals surface area contributed by atoms with Crippen LogP contribution in [0.3, 0.4) is 0 Å². The van der Waals surface area contributed by atoms with E-state index in [2.05, 4.69) is 19.2 Å². The highest BCUT2D eigenvalue weighted by molar-refractivity contribution is 5.89. The standard InChI is InChI=1S/C51H95NO14/c1-3-5-7-8-9-10-11-12-13-14-15-16-17-18-24-54-25-26-55-27-28-56-29-30-57-31-32-58-33-34-59-35-36-60-37-38-61-39-40-62-41-42-63-43-44-64-45-46-65-47-48-66-51(53)49-19-21-50(22-20-49)52-23-6-4-2/h19-22,52H,3-18,23-48H2,1-2H3. The molecule has 0 aliphatic heterocycles. The van der Waals surface area contributed by atoms with E-state index < -0.39 is 0 Å². The van der Waals surface area contributed by atoms with E-state index in [1.165, 1.54) is 83.5 Å². The summed E-state index contributed by atoms with van der Waals surface area (Å²) < 4.78 is 71.7. The third-order valence-corrected chi connectivity index (χ3v) is 10.2. The average molecular weight is 946 g/mol. The molecular formula is C51H95NO14. The maximum atomic E-state index is 12.2. The van der Waals surface area contributed by atoms with Crippen LogP contribution in [0.25, 0.3) is 0 Å². The summed E-state index contributed by atoms with van der Waals surface area (Å²) in [5.41, 5.74) is 1.52. The predicted molar refractivity (Wildman–Crippen MR) is 260 cm³/mol. The molecule has 0 heterocycles. The molecule has 1 aromatic carbocycles. The molecule has 0 bridgehead atoms. The number of carbonyl (C=O) groups is 1. The van der Waals surface area contributed by atoms with Crippen molar-refractivity contribution in [1.29, 1.82) is 0 Å². The van der Waals surface area contributed by atoms with Gasteiger partial charge in [-0.05, 0) is 37.1 Å². The molecule has 0 amide bonds. The second-order valence-corrected chi connectivity index (χ2v) is 15.9. The molecule has 15 heteroatoms. The van der Waals surface area contributed by atoms with Gasteiger partial charge in [-0.2, -0.15) is 0 Å². The number of carbonyl (C=O) groups excluding carboxylic acids is 1. The molecule has 0 spiro atoms. The summed E-state index contributed by atoms with van der Waals surface area (Å²) in [7, 11) is 0. The minimum Gasteiger partial charge on any atom is -0.460 e. The Bertz CT molecular complexity index is 1090. The molecule has 66 heavy (non-hydrogen) atoms. The van der Waals surface area contributed by atoms with Gasteiger partial charge in [0.1, 0.15) is 6.61 Å². The molecule has 0 saturated carbocycles. The topological polar surface area (TPSA) is 149 Å². The van der Waals surface area contributed by atoms with Crippen molar-refractivity contribution in [3.05, 3.63) is 29.8 Å². The van der Waals surface area contributed by atoms with Gasteiger partial charge in [-0.3, -0.25) is 0 Å². The molecule has 0 unspecified atom stereocenters. The zero-order chi connectivity index (χ0) is 47.2. The molecule has 0 radical (unpaired) electrons. The van der Waals surface area contributed by atoms with Crippen LogP contribution in [0.4, 0.5) is 5.69 Å². The maximum absolute atomic E-state index is 12.2. The number of hydrogen-bond acceptors (Lipinski definition) is 15. The van der Waals surface area contributed by atoms with Gasteiger partial charge in [-0.15, -0.1) is 0 Å². The van der Waals surface area contributed by atoms with Crippen molar-refractivity contribution < 1.29 is 66.4 Å². The lowest BCUT2D eigenvalue weighted by Gasteiger charge is -2.09. The van der Waals surface area contributed by atoms with Crippen molar-refractivity contribution in [2.75, 3.05) is 177 Å². The molecule has 1 N–H and O–H groups in total. The van der Waals surface area contributed by atoms with Gasteiger partial charge in [-0.1, -0.05) is 104 Å².